The van der Waals surface area contributed by atoms with Crippen molar-refractivity contribution in [3.8, 4) is 11.3 Å². The van der Waals surface area contributed by atoms with Gasteiger partial charge in [-0.2, -0.15) is 0 Å². The molecule has 2 heterocycles. The summed E-state index contributed by atoms with van der Waals surface area (Å²) >= 11 is 0. The topological polar surface area (TPSA) is 46.9 Å². The van der Waals surface area contributed by atoms with E-state index < -0.39 is 0 Å². The van der Waals surface area contributed by atoms with Gasteiger partial charge in [0.05, 0.1) is 11.7 Å². The van der Waals surface area contributed by atoms with Gasteiger partial charge in [-0.05, 0) is 44.4 Å². The number of carbonyl (C=O) groups is 1. The SMILES string of the molecule is Cc1ccc(-c2cc3cc(NC(=O)C4CC4)ncc3n2C)c(C)c1. The Hall–Kier alpha value is -2.62. The van der Waals surface area contributed by atoms with Gasteiger partial charge in [-0.15, -0.1) is 0 Å². The number of benzene rings is 1. The van der Waals surface area contributed by atoms with Crippen molar-refractivity contribution in [1.82, 2.24) is 9.55 Å². The molecule has 122 valence electrons. The Bertz CT molecular complexity index is 951. The van der Waals surface area contributed by atoms with Gasteiger partial charge in [0.15, 0.2) is 0 Å². The second kappa shape index (κ2) is 5.48. The molecule has 0 spiro atoms. The van der Waals surface area contributed by atoms with Crippen molar-refractivity contribution in [2.75, 3.05) is 5.32 Å². The maximum absolute atomic E-state index is 11.9. The average molecular weight is 319 g/mol. The van der Waals surface area contributed by atoms with Gasteiger partial charge < -0.3 is 9.88 Å². The standard InChI is InChI=1S/C20H21N3O/c1-12-4-7-16(13(2)8-12)17-9-15-10-19(21-11-18(15)23(17)3)22-20(24)14-5-6-14/h4,7-11,14H,5-6H2,1-3H3,(H,21,22,24). The van der Waals surface area contributed by atoms with Crippen LogP contribution in [0, 0.1) is 19.8 Å². The minimum absolute atomic E-state index is 0.0902. The zero-order valence-electron chi connectivity index (χ0n) is 14.3. The van der Waals surface area contributed by atoms with Crippen LogP contribution in [0.3, 0.4) is 0 Å². The van der Waals surface area contributed by atoms with Crippen molar-refractivity contribution in [3.05, 3.63) is 47.7 Å². The van der Waals surface area contributed by atoms with Crippen LogP contribution >= 0.6 is 0 Å². The molecule has 1 N–H and O–H groups in total. The summed E-state index contributed by atoms with van der Waals surface area (Å²) in [6, 6.07) is 10.6. The molecule has 4 nitrogen and oxygen atoms in total. The molecule has 0 aliphatic heterocycles. The van der Waals surface area contributed by atoms with Crippen LogP contribution in [0.2, 0.25) is 0 Å². The Balaban J connectivity index is 1.74. The lowest BCUT2D eigenvalue weighted by atomic mass is 10.0. The predicted octanol–water partition coefficient (Wildman–Crippen LogP) is 4.21. The van der Waals surface area contributed by atoms with Crippen molar-refractivity contribution in [2.45, 2.75) is 26.7 Å². The van der Waals surface area contributed by atoms with E-state index >= 15 is 0 Å². The number of aromatic nitrogens is 2. The molecule has 1 aliphatic carbocycles. The van der Waals surface area contributed by atoms with Crippen LogP contribution in [-0.2, 0) is 11.8 Å². The Labute approximate surface area is 141 Å². The fourth-order valence-electron chi connectivity index (χ4n) is 3.24. The first-order chi connectivity index (χ1) is 11.5. The molecule has 1 fully saturated rings. The maximum Gasteiger partial charge on any atom is 0.228 e. The van der Waals surface area contributed by atoms with Gasteiger partial charge >= 0.3 is 0 Å². The van der Waals surface area contributed by atoms with Crippen molar-refractivity contribution >= 4 is 22.6 Å². The number of pyridine rings is 1. The van der Waals surface area contributed by atoms with Crippen LogP contribution in [0.4, 0.5) is 5.82 Å². The molecule has 4 rings (SSSR count). The molecule has 1 amide bonds. The summed E-state index contributed by atoms with van der Waals surface area (Å²) in [6.07, 6.45) is 3.83. The molecule has 0 saturated heterocycles. The first kappa shape index (κ1) is 14.9. The second-order valence-corrected chi connectivity index (χ2v) is 6.80. The number of aryl methyl sites for hydroxylation is 3. The number of rotatable bonds is 3. The van der Waals surface area contributed by atoms with Gasteiger partial charge in [-0.1, -0.05) is 23.8 Å². The van der Waals surface area contributed by atoms with E-state index in [9.17, 15) is 4.79 Å². The molecule has 0 unspecified atom stereocenters. The van der Waals surface area contributed by atoms with Gasteiger partial charge in [-0.3, -0.25) is 4.79 Å². The first-order valence-electron chi connectivity index (χ1n) is 8.37. The summed E-state index contributed by atoms with van der Waals surface area (Å²) in [7, 11) is 2.06. The van der Waals surface area contributed by atoms with Crippen molar-refractivity contribution in [1.29, 1.82) is 0 Å². The number of carbonyl (C=O) groups excluding carboxylic acids is 1. The van der Waals surface area contributed by atoms with Gasteiger partial charge in [0.2, 0.25) is 5.91 Å². The van der Waals surface area contributed by atoms with E-state index in [-0.39, 0.29) is 11.8 Å². The third-order valence-electron chi connectivity index (χ3n) is 4.79. The molecule has 1 aromatic carbocycles. The number of nitrogens with zero attached hydrogens (tertiary/aromatic N) is 2. The fourth-order valence-corrected chi connectivity index (χ4v) is 3.24. The monoisotopic (exact) mass is 319 g/mol. The number of fused-ring (bicyclic) bond motifs is 1. The number of nitrogens with one attached hydrogen (secondary N) is 1. The second-order valence-electron chi connectivity index (χ2n) is 6.80. The minimum Gasteiger partial charge on any atom is -0.342 e. The number of hydrogen-bond acceptors (Lipinski definition) is 2. The highest BCUT2D eigenvalue weighted by Crippen LogP contribution is 2.32. The largest absolute Gasteiger partial charge is 0.342 e. The highest BCUT2D eigenvalue weighted by molar-refractivity contribution is 5.96. The number of hydrogen-bond donors (Lipinski definition) is 1. The highest BCUT2D eigenvalue weighted by atomic mass is 16.2. The number of amides is 1. The Morgan fingerprint density at radius 2 is 2.00 bits per heavy atom. The lowest BCUT2D eigenvalue weighted by molar-refractivity contribution is -0.117. The lowest BCUT2D eigenvalue weighted by Crippen LogP contribution is -2.14. The zero-order valence-corrected chi connectivity index (χ0v) is 14.3. The Morgan fingerprint density at radius 1 is 1.21 bits per heavy atom. The summed E-state index contributed by atoms with van der Waals surface area (Å²) in [5.74, 6) is 0.911. The molecule has 4 heteroatoms. The molecule has 0 radical (unpaired) electrons. The maximum atomic E-state index is 11.9. The predicted molar refractivity (Wildman–Crippen MR) is 97.0 cm³/mol. The lowest BCUT2D eigenvalue weighted by Gasteiger charge is -2.08. The molecule has 2 aromatic heterocycles. The molecule has 1 aliphatic rings. The molecule has 24 heavy (non-hydrogen) atoms. The molecule has 0 bridgehead atoms. The normalized spacial score (nSPS) is 14.1. The fraction of sp³-hybridized carbons (Fsp3) is 0.300. The van der Waals surface area contributed by atoms with Crippen LogP contribution in [0.1, 0.15) is 24.0 Å². The van der Waals surface area contributed by atoms with E-state index in [0.29, 0.717) is 5.82 Å². The van der Waals surface area contributed by atoms with Crippen LogP contribution in [0.25, 0.3) is 22.2 Å². The summed E-state index contributed by atoms with van der Waals surface area (Å²) in [5, 5.41) is 4.02. The molecule has 1 saturated carbocycles. The zero-order chi connectivity index (χ0) is 16.8. The quantitative estimate of drug-likeness (QED) is 0.786. The summed E-state index contributed by atoms with van der Waals surface area (Å²) < 4.78 is 2.16. The van der Waals surface area contributed by atoms with Crippen LogP contribution in [-0.4, -0.2) is 15.5 Å². The van der Waals surface area contributed by atoms with E-state index in [2.05, 4.69) is 60.0 Å². The minimum atomic E-state index is 0.0902. The van der Waals surface area contributed by atoms with E-state index in [1.807, 2.05) is 12.3 Å². The van der Waals surface area contributed by atoms with Crippen molar-refractivity contribution in [3.63, 3.8) is 0 Å². The average Bonchev–Trinajstić information content (AvgIpc) is 3.33. The summed E-state index contributed by atoms with van der Waals surface area (Å²) in [4.78, 5) is 16.3. The van der Waals surface area contributed by atoms with Crippen molar-refractivity contribution < 1.29 is 4.79 Å². The van der Waals surface area contributed by atoms with Gasteiger partial charge in [-0.25, -0.2) is 4.98 Å². The van der Waals surface area contributed by atoms with Gasteiger partial charge in [0.1, 0.15) is 5.82 Å². The molecular formula is C20H21N3O. The third kappa shape index (κ3) is 2.58. The van der Waals surface area contributed by atoms with E-state index in [0.717, 1.165) is 29.4 Å². The van der Waals surface area contributed by atoms with Gasteiger partial charge in [0, 0.05) is 29.6 Å². The van der Waals surface area contributed by atoms with Crippen LogP contribution in [0.5, 0.6) is 0 Å². The highest BCUT2D eigenvalue weighted by Gasteiger charge is 2.29. The van der Waals surface area contributed by atoms with Crippen LogP contribution in [0.15, 0.2) is 36.5 Å². The molecule has 3 aromatic rings. The Morgan fingerprint density at radius 3 is 2.71 bits per heavy atom. The van der Waals surface area contributed by atoms with E-state index in [1.54, 1.807) is 0 Å². The molecule has 0 atom stereocenters. The van der Waals surface area contributed by atoms with E-state index in [1.165, 1.54) is 16.7 Å². The number of anilines is 1. The first-order valence-corrected chi connectivity index (χ1v) is 8.37. The third-order valence-corrected chi connectivity index (χ3v) is 4.79. The summed E-state index contributed by atoms with van der Waals surface area (Å²) in [6.45, 7) is 4.25. The molecular weight excluding hydrogens is 298 g/mol. The Kier molecular flexibility index (Phi) is 3.41. The van der Waals surface area contributed by atoms with E-state index in [4.69, 9.17) is 0 Å². The van der Waals surface area contributed by atoms with Crippen LogP contribution < -0.4 is 5.32 Å². The van der Waals surface area contributed by atoms with Crippen molar-refractivity contribution in [2.24, 2.45) is 13.0 Å². The smallest absolute Gasteiger partial charge is 0.228 e. The van der Waals surface area contributed by atoms with Gasteiger partial charge in [0.25, 0.3) is 0 Å². The summed E-state index contributed by atoms with van der Waals surface area (Å²) in [5.41, 5.74) is 5.98.